The van der Waals surface area contributed by atoms with Gasteiger partial charge in [-0.1, -0.05) is 0 Å². The van der Waals surface area contributed by atoms with Crippen molar-refractivity contribution < 1.29 is 54.4 Å². The van der Waals surface area contributed by atoms with E-state index in [9.17, 15) is 40.2 Å². The summed E-state index contributed by atoms with van der Waals surface area (Å²) in [6.07, 6.45) is -11.0. The van der Waals surface area contributed by atoms with Gasteiger partial charge in [-0.05, 0) is 13.8 Å². The minimum absolute atomic E-state index is 0.534. The van der Waals surface area contributed by atoms with Gasteiger partial charge < -0.3 is 55.9 Å². The number of aliphatic hydroxyl groups excluding tert-OH is 6. The van der Waals surface area contributed by atoms with E-state index in [-0.39, 0.29) is 0 Å². The maximum Gasteiger partial charge on any atom is 0.217 e. The number of ether oxygens (including phenoxy) is 3. The third kappa shape index (κ3) is 5.28. The number of Topliss-reactive ketones (excluding diaryl/α,β-unsaturated/α-hetero) is 1. The quantitative estimate of drug-likeness (QED) is 0.169. The maximum atomic E-state index is 12.2. The zero-order valence-electron chi connectivity index (χ0n) is 18.1. The first kappa shape index (κ1) is 27.0. The molecule has 2 rings (SSSR count). The predicted molar refractivity (Wildman–Crippen MR) is 106 cm³/mol. The van der Waals surface area contributed by atoms with E-state index in [1.54, 1.807) is 0 Å². The Morgan fingerprint density at radius 1 is 1.09 bits per heavy atom. The van der Waals surface area contributed by atoms with Crippen molar-refractivity contribution in [1.82, 2.24) is 5.32 Å². The van der Waals surface area contributed by atoms with Crippen LogP contribution < -0.4 is 11.1 Å². The second-order valence-electron chi connectivity index (χ2n) is 8.17. The number of hydrogen-bond acceptors (Lipinski definition) is 12. The Morgan fingerprint density at radius 3 is 2.16 bits per heavy atom. The van der Waals surface area contributed by atoms with E-state index in [1.165, 1.54) is 20.3 Å². The molecule has 0 spiro atoms. The van der Waals surface area contributed by atoms with Crippen LogP contribution in [0.4, 0.5) is 0 Å². The number of rotatable bonds is 8. The second kappa shape index (κ2) is 10.8. The largest absolute Gasteiger partial charge is 0.394 e. The van der Waals surface area contributed by atoms with Crippen LogP contribution in [0.1, 0.15) is 20.8 Å². The van der Waals surface area contributed by atoms with Crippen molar-refractivity contribution in [2.45, 2.75) is 87.5 Å². The highest BCUT2D eigenvalue weighted by Gasteiger charge is 2.56. The van der Waals surface area contributed by atoms with Gasteiger partial charge in [-0.15, -0.1) is 0 Å². The molecular formula is C19H33N2O11. The first-order chi connectivity index (χ1) is 14.9. The van der Waals surface area contributed by atoms with Gasteiger partial charge >= 0.3 is 0 Å². The number of carbonyl (C=O) groups excluding carboxylic acids is 2. The Labute approximate surface area is 185 Å². The van der Waals surface area contributed by atoms with Gasteiger partial charge in [0, 0.05) is 13.3 Å². The molecule has 0 bridgehead atoms. The highest BCUT2D eigenvalue weighted by Crippen LogP contribution is 2.32. The number of carbonyl (C=O) groups is 2. The average Bonchev–Trinajstić information content (AvgIpc) is 2.72. The first-order valence-corrected chi connectivity index (χ1v) is 10.2. The van der Waals surface area contributed by atoms with Crippen molar-refractivity contribution in [3.63, 3.8) is 0 Å². The van der Waals surface area contributed by atoms with Gasteiger partial charge in [-0.2, -0.15) is 0 Å². The monoisotopic (exact) mass is 465 g/mol. The molecule has 0 aromatic carbocycles. The van der Waals surface area contributed by atoms with Crippen LogP contribution in [0, 0.1) is 6.42 Å². The van der Waals surface area contributed by atoms with E-state index in [2.05, 4.69) is 5.32 Å². The maximum absolute atomic E-state index is 12.2. The molecule has 13 heteroatoms. The topological polar surface area (TPSA) is 221 Å². The predicted octanol–water partition coefficient (Wildman–Crippen LogP) is -4.69. The van der Waals surface area contributed by atoms with Gasteiger partial charge in [0.15, 0.2) is 12.1 Å². The van der Waals surface area contributed by atoms with Crippen LogP contribution in [0.25, 0.3) is 0 Å². The van der Waals surface area contributed by atoms with Gasteiger partial charge in [0.2, 0.25) is 5.91 Å². The fourth-order valence-electron chi connectivity index (χ4n) is 3.97. The SMILES string of the molecule is CC(=O)N[C@@H]1[C@@H](OC(C)[CH]C2O[C@H](CO)[C@@H](O)[C@H](O)[C@]2(N)C(C)=O)[C@H](O)[C@@H](CO)O[C@@H]1O. The number of aliphatic hydroxyl groups is 6. The third-order valence-electron chi connectivity index (χ3n) is 5.84. The molecule has 11 atom stereocenters. The van der Waals surface area contributed by atoms with E-state index in [1.807, 2.05) is 0 Å². The van der Waals surface area contributed by atoms with Crippen molar-refractivity contribution in [1.29, 1.82) is 0 Å². The number of nitrogens with two attached hydrogens (primary N) is 1. The van der Waals surface area contributed by atoms with Gasteiger partial charge in [-0.25, -0.2) is 0 Å². The Morgan fingerprint density at radius 2 is 1.66 bits per heavy atom. The minimum Gasteiger partial charge on any atom is -0.394 e. The summed E-state index contributed by atoms with van der Waals surface area (Å²) >= 11 is 0. The Kier molecular flexibility index (Phi) is 9.09. The molecule has 2 saturated heterocycles. The first-order valence-electron chi connectivity index (χ1n) is 10.2. The summed E-state index contributed by atoms with van der Waals surface area (Å²) in [5.41, 5.74) is 4.06. The van der Waals surface area contributed by atoms with Crippen LogP contribution in [0.2, 0.25) is 0 Å². The van der Waals surface area contributed by atoms with Gasteiger partial charge in [0.25, 0.3) is 0 Å². The van der Waals surface area contributed by atoms with E-state index < -0.39 is 91.6 Å². The van der Waals surface area contributed by atoms with Gasteiger partial charge in [0.05, 0.1) is 25.4 Å². The molecule has 9 N–H and O–H groups in total. The number of nitrogens with one attached hydrogen (secondary N) is 1. The molecule has 2 aliphatic heterocycles. The normalized spacial score (nSPS) is 43.5. The smallest absolute Gasteiger partial charge is 0.217 e. The summed E-state index contributed by atoms with van der Waals surface area (Å²) in [5, 5.41) is 62.6. The van der Waals surface area contributed by atoms with Crippen LogP contribution in [0.3, 0.4) is 0 Å². The molecule has 185 valence electrons. The lowest BCUT2D eigenvalue weighted by atomic mass is 9.75. The Hall–Kier alpha value is -1.26. The van der Waals surface area contributed by atoms with Crippen LogP contribution in [-0.2, 0) is 23.8 Å². The summed E-state index contributed by atoms with van der Waals surface area (Å²) in [4.78, 5) is 23.8. The van der Waals surface area contributed by atoms with E-state index in [4.69, 9.17) is 19.9 Å². The standard InChI is InChI=1S/C19H33N2O11/c1-7(4-12-19(20,8(2)24)17(28)15(27)11(6-23)31-12)30-16-13(21-9(3)25)18(29)32-10(5-22)14(16)26/h4,7,10-18,22-23,26-29H,5-6,20H2,1-3H3,(H,21,25)/t7?,10-,11-,12?,13-,14-,15-,16-,17+,18+,19+/m1/s1. The minimum atomic E-state index is -2.05. The van der Waals surface area contributed by atoms with Crippen LogP contribution >= 0.6 is 0 Å². The van der Waals surface area contributed by atoms with Gasteiger partial charge in [-0.3, -0.25) is 9.59 Å². The molecule has 0 saturated carbocycles. The Bertz CT molecular complexity index is 667. The Balaban J connectivity index is 2.23. The van der Waals surface area contributed by atoms with Crippen molar-refractivity contribution in [2.24, 2.45) is 5.73 Å². The molecule has 1 amide bonds. The van der Waals surface area contributed by atoms with Crippen LogP contribution in [-0.4, -0.2) is 122 Å². The molecule has 0 aromatic rings. The fourth-order valence-corrected chi connectivity index (χ4v) is 3.97. The highest BCUT2D eigenvalue weighted by atomic mass is 16.6. The molecule has 0 aliphatic carbocycles. The van der Waals surface area contributed by atoms with Crippen molar-refractivity contribution in [3.8, 4) is 0 Å². The average molecular weight is 465 g/mol. The number of amides is 1. The molecule has 0 aromatic heterocycles. The van der Waals surface area contributed by atoms with Crippen LogP contribution in [0.5, 0.6) is 0 Å². The van der Waals surface area contributed by atoms with Crippen LogP contribution in [0.15, 0.2) is 0 Å². The zero-order valence-corrected chi connectivity index (χ0v) is 18.1. The molecular weight excluding hydrogens is 432 g/mol. The molecule has 13 nitrogen and oxygen atoms in total. The van der Waals surface area contributed by atoms with E-state index >= 15 is 0 Å². The lowest BCUT2D eigenvalue weighted by Crippen LogP contribution is -2.74. The summed E-state index contributed by atoms with van der Waals surface area (Å²) in [5.74, 6) is -1.22. The number of hydrogen-bond donors (Lipinski definition) is 8. The molecule has 32 heavy (non-hydrogen) atoms. The summed E-state index contributed by atoms with van der Waals surface area (Å²) in [6, 6.07) is -1.19. The third-order valence-corrected chi connectivity index (χ3v) is 5.84. The van der Waals surface area contributed by atoms with E-state index in [0.29, 0.717) is 0 Å². The molecule has 2 heterocycles. The molecule has 2 aliphatic rings. The second-order valence-corrected chi connectivity index (χ2v) is 8.17. The molecule has 2 unspecified atom stereocenters. The highest BCUT2D eigenvalue weighted by molar-refractivity contribution is 5.88. The lowest BCUT2D eigenvalue weighted by molar-refractivity contribution is -0.267. The summed E-state index contributed by atoms with van der Waals surface area (Å²) in [6.45, 7) is 2.51. The number of ketones is 1. The van der Waals surface area contributed by atoms with Gasteiger partial charge in [0.1, 0.15) is 48.2 Å². The zero-order chi connectivity index (χ0) is 24.4. The summed E-state index contributed by atoms with van der Waals surface area (Å²) in [7, 11) is 0. The summed E-state index contributed by atoms with van der Waals surface area (Å²) < 4.78 is 16.5. The molecule has 2 fully saturated rings. The lowest BCUT2D eigenvalue weighted by Gasteiger charge is -2.49. The van der Waals surface area contributed by atoms with Crippen molar-refractivity contribution in [3.05, 3.63) is 6.42 Å². The fraction of sp³-hybridized carbons (Fsp3) is 0.842. The molecule has 1 radical (unpaired) electrons. The van der Waals surface area contributed by atoms with E-state index in [0.717, 1.165) is 6.92 Å². The van der Waals surface area contributed by atoms with Crippen molar-refractivity contribution in [2.75, 3.05) is 13.2 Å². The van der Waals surface area contributed by atoms with Crippen molar-refractivity contribution >= 4 is 11.7 Å².